The third kappa shape index (κ3) is 4.82. The number of carbonyl (C=O) groups excluding carboxylic acids is 2. The maximum absolute atomic E-state index is 13.0. The fourth-order valence-electron chi connectivity index (χ4n) is 3.37. The number of rotatable bonds is 5. The number of benzene rings is 2. The number of methoxy groups -OCH3 is 2. The van der Waals surface area contributed by atoms with Crippen molar-refractivity contribution in [2.24, 2.45) is 0 Å². The Hall–Kier alpha value is -3.02. The SMILES string of the molecule is COc1cc(OC)cc(C(=O)N2CCCN(C(=O)Cc3ccccc3)CC2)c1. The van der Waals surface area contributed by atoms with E-state index >= 15 is 0 Å². The van der Waals surface area contributed by atoms with E-state index in [0.29, 0.717) is 49.7 Å². The van der Waals surface area contributed by atoms with Crippen molar-refractivity contribution >= 4 is 11.8 Å². The minimum absolute atomic E-state index is 0.0745. The highest BCUT2D eigenvalue weighted by Gasteiger charge is 2.23. The summed E-state index contributed by atoms with van der Waals surface area (Å²) in [6, 6.07) is 14.9. The van der Waals surface area contributed by atoms with E-state index in [0.717, 1.165) is 12.0 Å². The first-order chi connectivity index (χ1) is 13.6. The molecule has 1 heterocycles. The second-order valence-corrected chi connectivity index (χ2v) is 6.79. The van der Waals surface area contributed by atoms with Crippen molar-refractivity contribution in [1.29, 1.82) is 0 Å². The minimum Gasteiger partial charge on any atom is -0.497 e. The quantitative estimate of drug-likeness (QED) is 0.798. The van der Waals surface area contributed by atoms with Crippen LogP contribution in [0, 0.1) is 0 Å². The molecule has 1 aliphatic rings. The lowest BCUT2D eigenvalue weighted by Crippen LogP contribution is -2.38. The van der Waals surface area contributed by atoms with Gasteiger partial charge in [-0.05, 0) is 24.1 Å². The summed E-state index contributed by atoms with van der Waals surface area (Å²) in [6.45, 7) is 2.34. The number of carbonyl (C=O) groups is 2. The van der Waals surface area contributed by atoms with Gasteiger partial charge in [0.2, 0.25) is 5.91 Å². The largest absolute Gasteiger partial charge is 0.497 e. The molecule has 148 valence electrons. The highest BCUT2D eigenvalue weighted by atomic mass is 16.5. The lowest BCUT2D eigenvalue weighted by atomic mass is 10.1. The van der Waals surface area contributed by atoms with Crippen LogP contribution in [0.4, 0.5) is 0 Å². The van der Waals surface area contributed by atoms with E-state index in [1.807, 2.05) is 35.2 Å². The normalized spacial score (nSPS) is 14.4. The van der Waals surface area contributed by atoms with Crippen molar-refractivity contribution < 1.29 is 19.1 Å². The maximum atomic E-state index is 13.0. The van der Waals surface area contributed by atoms with E-state index in [2.05, 4.69) is 0 Å². The van der Waals surface area contributed by atoms with Crippen LogP contribution in [-0.4, -0.2) is 62.0 Å². The molecule has 0 spiro atoms. The molecule has 1 fully saturated rings. The van der Waals surface area contributed by atoms with Crippen LogP contribution in [-0.2, 0) is 11.2 Å². The molecule has 2 aromatic rings. The van der Waals surface area contributed by atoms with Crippen LogP contribution < -0.4 is 9.47 Å². The average Bonchev–Trinajstić information content (AvgIpc) is 3.00. The van der Waals surface area contributed by atoms with Crippen molar-refractivity contribution in [3.63, 3.8) is 0 Å². The predicted molar refractivity (Wildman–Crippen MR) is 107 cm³/mol. The lowest BCUT2D eigenvalue weighted by Gasteiger charge is -2.22. The predicted octanol–water partition coefficient (Wildman–Crippen LogP) is 2.62. The molecule has 0 unspecified atom stereocenters. The Bertz CT molecular complexity index is 800. The molecule has 0 saturated carbocycles. The molecule has 0 bridgehead atoms. The Morgan fingerprint density at radius 3 is 2.11 bits per heavy atom. The molecule has 0 aromatic heterocycles. The van der Waals surface area contributed by atoms with Gasteiger partial charge in [0.15, 0.2) is 0 Å². The molecule has 1 saturated heterocycles. The van der Waals surface area contributed by atoms with E-state index in [9.17, 15) is 9.59 Å². The summed E-state index contributed by atoms with van der Waals surface area (Å²) in [7, 11) is 3.12. The summed E-state index contributed by atoms with van der Waals surface area (Å²) in [5.74, 6) is 1.19. The van der Waals surface area contributed by atoms with Gasteiger partial charge in [0.25, 0.3) is 5.91 Å². The summed E-state index contributed by atoms with van der Waals surface area (Å²) >= 11 is 0. The maximum Gasteiger partial charge on any atom is 0.254 e. The molecular formula is C22H26N2O4. The minimum atomic E-state index is -0.0745. The first-order valence-electron chi connectivity index (χ1n) is 9.44. The Morgan fingerprint density at radius 2 is 1.46 bits per heavy atom. The monoisotopic (exact) mass is 382 g/mol. The first kappa shape index (κ1) is 19.7. The van der Waals surface area contributed by atoms with Gasteiger partial charge in [-0.2, -0.15) is 0 Å². The fraction of sp³-hybridized carbons (Fsp3) is 0.364. The van der Waals surface area contributed by atoms with E-state index in [4.69, 9.17) is 9.47 Å². The van der Waals surface area contributed by atoms with Crippen LogP contribution in [0.15, 0.2) is 48.5 Å². The summed E-state index contributed by atoms with van der Waals surface area (Å²) < 4.78 is 10.5. The number of hydrogen-bond donors (Lipinski definition) is 0. The van der Waals surface area contributed by atoms with Crippen LogP contribution in [0.3, 0.4) is 0 Å². The van der Waals surface area contributed by atoms with Gasteiger partial charge in [0, 0.05) is 37.8 Å². The van der Waals surface area contributed by atoms with Gasteiger partial charge in [-0.3, -0.25) is 9.59 Å². The molecule has 28 heavy (non-hydrogen) atoms. The molecule has 0 radical (unpaired) electrons. The summed E-state index contributed by atoms with van der Waals surface area (Å²) in [5.41, 5.74) is 1.54. The zero-order valence-corrected chi connectivity index (χ0v) is 16.4. The summed E-state index contributed by atoms with van der Waals surface area (Å²) in [4.78, 5) is 29.2. The van der Waals surface area contributed by atoms with Gasteiger partial charge in [-0.1, -0.05) is 30.3 Å². The Balaban J connectivity index is 1.64. The Kier molecular flexibility index (Phi) is 6.53. The topological polar surface area (TPSA) is 59.1 Å². The number of nitrogens with zero attached hydrogens (tertiary/aromatic N) is 2. The second kappa shape index (κ2) is 9.26. The van der Waals surface area contributed by atoms with Crippen LogP contribution in [0.25, 0.3) is 0 Å². The van der Waals surface area contributed by atoms with Crippen molar-refractivity contribution in [2.75, 3.05) is 40.4 Å². The van der Waals surface area contributed by atoms with Gasteiger partial charge in [0.05, 0.1) is 20.6 Å². The van der Waals surface area contributed by atoms with Crippen LogP contribution in [0.2, 0.25) is 0 Å². The number of ether oxygens (including phenoxy) is 2. The van der Waals surface area contributed by atoms with Gasteiger partial charge < -0.3 is 19.3 Å². The molecule has 0 atom stereocenters. The molecule has 2 amide bonds. The van der Waals surface area contributed by atoms with Crippen molar-refractivity contribution in [3.05, 3.63) is 59.7 Å². The Morgan fingerprint density at radius 1 is 0.857 bits per heavy atom. The van der Waals surface area contributed by atoms with E-state index < -0.39 is 0 Å². The molecule has 6 nitrogen and oxygen atoms in total. The molecule has 0 N–H and O–H groups in total. The highest BCUT2D eigenvalue weighted by Crippen LogP contribution is 2.24. The molecular weight excluding hydrogens is 356 g/mol. The molecule has 6 heteroatoms. The van der Waals surface area contributed by atoms with Crippen LogP contribution >= 0.6 is 0 Å². The van der Waals surface area contributed by atoms with Crippen molar-refractivity contribution in [1.82, 2.24) is 9.80 Å². The molecule has 1 aliphatic heterocycles. The van der Waals surface area contributed by atoms with Gasteiger partial charge >= 0.3 is 0 Å². The first-order valence-corrected chi connectivity index (χ1v) is 9.44. The number of hydrogen-bond acceptors (Lipinski definition) is 4. The van der Waals surface area contributed by atoms with Crippen molar-refractivity contribution in [3.8, 4) is 11.5 Å². The van der Waals surface area contributed by atoms with Gasteiger partial charge in [-0.25, -0.2) is 0 Å². The highest BCUT2D eigenvalue weighted by molar-refractivity contribution is 5.95. The molecule has 0 aliphatic carbocycles. The molecule has 3 rings (SSSR count). The summed E-state index contributed by atoms with van der Waals surface area (Å²) in [6.07, 6.45) is 1.15. The van der Waals surface area contributed by atoms with Crippen molar-refractivity contribution in [2.45, 2.75) is 12.8 Å². The summed E-state index contributed by atoms with van der Waals surface area (Å²) in [5, 5.41) is 0. The van der Waals surface area contributed by atoms with Crippen LogP contribution in [0.1, 0.15) is 22.3 Å². The third-order valence-electron chi connectivity index (χ3n) is 4.93. The standard InChI is InChI=1S/C22H26N2O4/c1-27-19-14-18(15-20(16-19)28-2)22(26)24-10-6-9-23(11-12-24)21(25)13-17-7-4-3-5-8-17/h3-5,7-8,14-16H,6,9-13H2,1-2H3. The Labute approximate surface area is 165 Å². The van der Waals surface area contributed by atoms with Gasteiger partial charge in [-0.15, -0.1) is 0 Å². The van der Waals surface area contributed by atoms with E-state index in [1.165, 1.54) is 0 Å². The number of amides is 2. The van der Waals surface area contributed by atoms with Gasteiger partial charge in [0.1, 0.15) is 11.5 Å². The average molecular weight is 382 g/mol. The smallest absolute Gasteiger partial charge is 0.254 e. The lowest BCUT2D eigenvalue weighted by molar-refractivity contribution is -0.130. The zero-order valence-electron chi connectivity index (χ0n) is 16.4. The fourth-order valence-corrected chi connectivity index (χ4v) is 3.37. The molecule has 2 aromatic carbocycles. The second-order valence-electron chi connectivity index (χ2n) is 6.79. The van der Waals surface area contributed by atoms with Crippen LogP contribution in [0.5, 0.6) is 11.5 Å². The van der Waals surface area contributed by atoms with E-state index in [-0.39, 0.29) is 11.8 Å². The van der Waals surface area contributed by atoms with E-state index in [1.54, 1.807) is 37.3 Å². The third-order valence-corrected chi connectivity index (χ3v) is 4.93. The zero-order chi connectivity index (χ0) is 19.9.